The van der Waals surface area contributed by atoms with E-state index in [2.05, 4.69) is 69.1 Å². The molecule has 0 saturated carbocycles. The molecule has 1 saturated heterocycles. The van der Waals surface area contributed by atoms with Crippen molar-refractivity contribution in [2.45, 2.75) is 20.4 Å². The van der Waals surface area contributed by atoms with Gasteiger partial charge in [-0.2, -0.15) is 5.10 Å². The van der Waals surface area contributed by atoms with Gasteiger partial charge >= 0.3 is 0 Å². The maximum absolute atomic E-state index is 5.06. The van der Waals surface area contributed by atoms with Crippen LogP contribution in [-0.2, 0) is 6.54 Å². The second-order valence-corrected chi connectivity index (χ2v) is 8.09. The summed E-state index contributed by atoms with van der Waals surface area (Å²) in [6.45, 7) is 8.59. The van der Waals surface area contributed by atoms with Gasteiger partial charge in [0.15, 0.2) is 11.6 Å². The molecular weight excluding hydrogens is 386 g/mol. The molecule has 3 N–H and O–H groups in total. The third-order valence-corrected chi connectivity index (χ3v) is 5.75. The van der Waals surface area contributed by atoms with E-state index in [-0.39, 0.29) is 0 Å². The average Bonchev–Trinajstić information content (AvgIpc) is 3.18. The van der Waals surface area contributed by atoms with E-state index < -0.39 is 0 Å². The number of hydrogen-bond acceptors (Lipinski definition) is 6. The fourth-order valence-electron chi connectivity index (χ4n) is 4.05. The third kappa shape index (κ3) is 4.09. The van der Waals surface area contributed by atoms with Crippen LogP contribution in [0.2, 0.25) is 0 Å². The summed E-state index contributed by atoms with van der Waals surface area (Å²) in [6.07, 6.45) is 1.86. The van der Waals surface area contributed by atoms with Crippen molar-refractivity contribution >= 4 is 22.5 Å². The standard InChI is InChI=1S/C24H27N7/c1-16-4-3-5-18(12-16)14-26-23-24(31-10-8-25-9-11-31)28-22(15-27-23)19-6-7-21-20(13-19)17(2)29-30-21/h3-7,12-13,15,25H,8-11,14H2,1-2H3,(H,26,27)(H,29,30). The second kappa shape index (κ2) is 8.35. The van der Waals surface area contributed by atoms with Crippen molar-refractivity contribution in [2.75, 3.05) is 36.4 Å². The molecule has 1 fully saturated rings. The molecule has 31 heavy (non-hydrogen) atoms. The highest BCUT2D eigenvalue weighted by Gasteiger charge is 2.18. The first kappa shape index (κ1) is 19.5. The van der Waals surface area contributed by atoms with Gasteiger partial charge in [-0.05, 0) is 31.5 Å². The molecule has 0 radical (unpaired) electrons. The smallest absolute Gasteiger partial charge is 0.172 e. The van der Waals surface area contributed by atoms with E-state index in [0.717, 1.165) is 72.2 Å². The lowest BCUT2D eigenvalue weighted by Crippen LogP contribution is -2.44. The van der Waals surface area contributed by atoms with Crippen molar-refractivity contribution in [3.63, 3.8) is 0 Å². The number of fused-ring (bicyclic) bond motifs is 1. The van der Waals surface area contributed by atoms with Crippen LogP contribution in [0.15, 0.2) is 48.7 Å². The molecular formula is C24H27N7. The van der Waals surface area contributed by atoms with Crippen LogP contribution in [0.25, 0.3) is 22.2 Å². The van der Waals surface area contributed by atoms with Crippen LogP contribution < -0.4 is 15.5 Å². The van der Waals surface area contributed by atoms with Crippen molar-refractivity contribution < 1.29 is 0 Å². The zero-order chi connectivity index (χ0) is 21.2. The number of aromatic amines is 1. The van der Waals surface area contributed by atoms with Crippen molar-refractivity contribution in [3.8, 4) is 11.3 Å². The molecule has 4 aromatic rings. The summed E-state index contributed by atoms with van der Waals surface area (Å²) in [7, 11) is 0. The molecule has 0 atom stereocenters. The van der Waals surface area contributed by atoms with Gasteiger partial charge in [-0.15, -0.1) is 0 Å². The predicted octanol–water partition coefficient (Wildman–Crippen LogP) is 3.66. The van der Waals surface area contributed by atoms with Gasteiger partial charge in [-0.1, -0.05) is 35.9 Å². The van der Waals surface area contributed by atoms with E-state index in [1.807, 2.05) is 19.2 Å². The minimum Gasteiger partial charge on any atom is -0.363 e. The normalized spacial score (nSPS) is 14.2. The van der Waals surface area contributed by atoms with Crippen LogP contribution in [-0.4, -0.2) is 46.3 Å². The zero-order valence-corrected chi connectivity index (χ0v) is 17.9. The molecule has 0 bridgehead atoms. The first-order valence-corrected chi connectivity index (χ1v) is 10.7. The maximum atomic E-state index is 5.06. The second-order valence-electron chi connectivity index (χ2n) is 8.09. The van der Waals surface area contributed by atoms with E-state index >= 15 is 0 Å². The zero-order valence-electron chi connectivity index (χ0n) is 17.9. The summed E-state index contributed by atoms with van der Waals surface area (Å²) in [5.41, 5.74) is 6.44. The van der Waals surface area contributed by atoms with Crippen molar-refractivity contribution in [1.29, 1.82) is 0 Å². The monoisotopic (exact) mass is 413 g/mol. The lowest BCUT2D eigenvalue weighted by atomic mass is 10.1. The van der Waals surface area contributed by atoms with Crippen LogP contribution in [0.1, 0.15) is 16.8 Å². The topological polar surface area (TPSA) is 81.8 Å². The highest BCUT2D eigenvalue weighted by atomic mass is 15.3. The lowest BCUT2D eigenvalue weighted by molar-refractivity contribution is 0.585. The highest BCUT2D eigenvalue weighted by Crippen LogP contribution is 2.29. The number of H-pyrrole nitrogens is 1. The Morgan fingerprint density at radius 2 is 1.94 bits per heavy atom. The van der Waals surface area contributed by atoms with Crippen LogP contribution in [0.3, 0.4) is 0 Å². The molecule has 0 amide bonds. The van der Waals surface area contributed by atoms with E-state index in [9.17, 15) is 0 Å². The van der Waals surface area contributed by atoms with Crippen LogP contribution in [0.5, 0.6) is 0 Å². The summed E-state index contributed by atoms with van der Waals surface area (Å²) in [6, 6.07) is 14.8. The Bertz CT molecular complexity index is 1210. The number of anilines is 2. The molecule has 2 aromatic heterocycles. The minimum absolute atomic E-state index is 0.717. The van der Waals surface area contributed by atoms with Gasteiger partial charge < -0.3 is 15.5 Å². The number of aryl methyl sites for hydroxylation is 2. The fourth-order valence-corrected chi connectivity index (χ4v) is 4.05. The van der Waals surface area contributed by atoms with E-state index in [4.69, 9.17) is 9.97 Å². The molecule has 7 nitrogen and oxygen atoms in total. The molecule has 2 aromatic carbocycles. The number of nitrogens with one attached hydrogen (secondary N) is 3. The summed E-state index contributed by atoms with van der Waals surface area (Å²) >= 11 is 0. The third-order valence-electron chi connectivity index (χ3n) is 5.75. The molecule has 5 rings (SSSR count). The molecule has 0 unspecified atom stereocenters. The SMILES string of the molecule is Cc1cccc(CNc2ncc(-c3ccc4n[nH]c(C)c4c3)nc2N2CCNCC2)c1. The molecule has 1 aliphatic heterocycles. The van der Waals surface area contributed by atoms with Crippen molar-refractivity contribution in [1.82, 2.24) is 25.5 Å². The van der Waals surface area contributed by atoms with Crippen LogP contribution in [0, 0.1) is 13.8 Å². The Kier molecular flexibility index (Phi) is 5.26. The van der Waals surface area contributed by atoms with E-state index in [1.165, 1.54) is 11.1 Å². The lowest BCUT2D eigenvalue weighted by Gasteiger charge is -2.30. The average molecular weight is 414 g/mol. The number of benzene rings is 2. The Morgan fingerprint density at radius 3 is 2.77 bits per heavy atom. The molecule has 3 heterocycles. The van der Waals surface area contributed by atoms with Gasteiger partial charge in [0.05, 0.1) is 17.4 Å². The number of nitrogens with zero attached hydrogens (tertiary/aromatic N) is 4. The summed E-state index contributed by atoms with van der Waals surface area (Å²) in [5, 5.41) is 15.4. The summed E-state index contributed by atoms with van der Waals surface area (Å²) < 4.78 is 0. The Hall–Kier alpha value is -3.45. The van der Waals surface area contributed by atoms with Gasteiger partial charge in [0.1, 0.15) is 0 Å². The molecule has 7 heteroatoms. The molecule has 0 aliphatic carbocycles. The largest absolute Gasteiger partial charge is 0.363 e. The first-order chi connectivity index (χ1) is 15.2. The van der Waals surface area contributed by atoms with Gasteiger partial charge in [0.2, 0.25) is 0 Å². The highest BCUT2D eigenvalue weighted by molar-refractivity contribution is 5.86. The predicted molar refractivity (Wildman–Crippen MR) is 125 cm³/mol. The van der Waals surface area contributed by atoms with E-state index in [0.29, 0.717) is 0 Å². The quantitative estimate of drug-likeness (QED) is 0.463. The number of hydrogen-bond donors (Lipinski definition) is 3. The molecule has 158 valence electrons. The van der Waals surface area contributed by atoms with Gasteiger partial charge in [0, 0.05) is 49.4 Å². The fraction of sp³-hybridized carbons (Fsp3) is 0.292. The number of piperazine rings is 1. The summed E-state index contributed by atoms with van der Waals surface area (Å²) in [4.78, 5) is 12.2. The maximum Gasteiger partial charge on any atom is 0.172 e. The minimum atomic E-state index is 0.717. The Labute approximate surface area is 181 Å². The van der Waals surface area contributed by atoms with Gasteiger partial charge in [-0.25, -0.2) is 9.97 Å². The van der Waals surface area contributed by atoms with Crippen molar-refractivity contribution in [2.24, 2.45) is 0 Å². The Morgan fingerprint density at radius 1 is 1.06 bits per heavy atom. The summed E-state index contributed by atoms with van der Waals surface area (Å²) in [5.74, 6) is 1.74. The number of rotatable bonds is 5. The van der Waals surface area contributed by atoms with Gasteiger partial charge in [0.25, 0.3) is 0 Å². The number of aromatic nitrogens is 4. The molecule has 0 spiro atoms. The van der Waals surface area contributed by atoms with Crippen LogP contribution in [0.4, 0.5) is 11.6 Å². The van der Waals surface area contributed by atoms with Crippen LogP contribution >= 0.6 is 0 Å². The van der Waals surface area contributed by atoms with Gasteiger partial charge in [-0.3, -0.25) is 5.10 Å². The van der Waals surface area contributed by atoms with Crippen molar-refractivity contribution in [3.05, 3.63) is 65.5 Å². The molecule has 1 aliphatic rings. The Balaban J connectivity index is 1.49. The van der Waals surface area contributed by atoms with E-state index in [1.54, 1.807) is 0 Å². The first-order valence-electron chi connectivity index (χ1n) is 10.7.